The molecule has 0 aliphatic heterocycles. The molecule has 3 aromatic rings. The number of anilines is 1. The molecular formula is C13H8BrF2N3O3S. The summed E-state index contributed by atoms with van der Waals surface area (Å²) in [6.45, 7) is 0. The van der Waals surface area contributed by atoms with E-state index >= 15 is 0 Å². The van der Waals surface area contributed by atoms with Gasteiger partial charge in [-0.15, -0.1) is 0 Å². The standard InChI is InChI=1S/C13H8BrF2N3O3S/c14-7-4-10-11(18-13(20)17-10)5-12(7)23(21,22)19-9-2-1-6(15)3-8(9)16/h1-5,19H,(H2,17,18,20). The minimum absolute atomic E-state index is 0.176. The number of hydrogen-bond donors (Lipinski definition) is 3. The van der Waals surface area contributed by atoms with Crippen LogP contribution in [0.4, 0.5) is 14.5 Å². The molecule has 0 saturated heterocycles. The SMILES string of the molecule is O=c1[nH]c2cc(Br)c(S(=O)(=O)Nc3ccc(F)cc3F)cc2[nH]1. The third kappa shape index (κ3) is 2.99. The molecule has 120 valence electrons. The molecule has 1 aromatic heterocycles. The molecule has 0 amide bonds. The molecule has 10 heteroatoms. The Hall–Kier alpha value is -2.20. The summed E-state index contributed by atoms with van der Waals surface area (Å²) in [6.07, 6.45) is 0. The van der Waals surface area contributed by atoms with E-state index in [0.29, 0.717) is 11.6 Å². The number of halogens is 3. The fourth-order valence-electron chi connectivity index (χ4n) is 2.01. The summed E-state index contributed by atoms with van der Waals surface area (Å²) in [7, 11) is -4.16. The molecule has 3 rings (SSSR count). The maximum atomic E-state index is 13.6. The van der Waals surface area contributed by atoms with Crippen LogP contribution in [0.5, 0.6) is 0 Å². The first kappa shape index (κ1) is 15.7. The van der Waals surface area contributed by atoms with Crippen LogP contribution in [0.15, 0.2) is 44.5 Å². The van der Waals surface area contributed by atoms with Gasteiger partial charge in [-0.2, -0.15) is 0 Å². The molecule has 0 atom stereocenters. The number of benzene rings is 2. The lowest BCUT2D eigenvalue weighted by Gasteiger charge is -2.10. The van der Waals surface area contributed by atoms with Crippen molar-refractivity contribution in [3.05, 3.63) is 56.9 Å². The highest BCUT2D eigenvalue weighted by molar-refractivity contribution is 9.10. The van der Waals surface area contributed by atoms with Gasteiger partial charge in [-0.25, -0.2) is 22.0 Å². The van der Waals surface area contributed by atoms with Crippen LogP contribution in [-0.2, 0) is 10.0 Å². The Morgan fingerprint density at radius 3 is 2.35 bits per heavy atom. The van der Waals surface area contributed by atoms with Gasteiger partial charge in [0.1, 0.15) is 16.5 Å². The van der Waals surface area contributed by atoms with E-state index in [1.807, 2.05) is 4.72 Å². The molecule has 0 spiro atoms. The van der Waals surface area contributed by atoms with Gasteiger partial charge < -0.3 is 9.97 Å². The number of fused-ring (bicyclic) bond motifs is 1. The van der Waals surface area contributed by atoms with Crippen molar-refractivity contribution in [3.63, 3.8) is 0 Å². The van der Waals surface area contributed by atoms with Crippen LogP contribution in [0.25, 0.3) is 11.0 Å². The average Bonchev–Trinajstić information content (AvgIpc) is 2.80. The molecule has 0 unspecified atom stereocenters. The van der Waals surface area contributed by atoms with Gasteiger partial charge in [-0.3, -0.25) is 4.72 Å². The number of aromatic nitrogens is 2. The number of aromatic amines is 2. The van der Waals surface area contributed by atoms with Gasteiger partial charge >= 0.3 is 5.69 Å². The highest BCUT2D eigenvalue weighted by Crippen LogP contribution is 2.28. The smallest absolute Gasteiger partial charge is 0.306 e. The largest absolute Gasteiger partial charge is 0.323 e. The Labute approximate surface area is 136 Å². The molecule has 0 aliphatic carbocycles. The van der Waals surface area contributed by atoms with Crippen molar-refractivity contribution in [2.75, 3.05) is 4.72 Å². The number of H-pyrrole nitrogens is 2. The molecule has 23 heavy (non-hydrogen) atoms. The van der Waals surface area contributed by atoms with E-state index in [1.54, 1.807) is 0 Å². The Kier molecular flexibility index (Phi) is 3.72. The normalized spacial score (nSPS) is 11.8. The van der Waals surface area contributed by atoms with Gasteiger partial charge in [-0.05, 0) is 40.2 Å². The van der Waals surface area contributed by atoms with Crippen LogP contribution in [0.1, 0.15) is 0 Å². The summed E-state index contributed by atoms with van der Waals surface area (Å²) >= 11 is 3.10. The van der Waals surface area contributed by atoms with Gasteiger partial charge in [0, 0.05) is 10.5 Å². The number of sulfonamides is 1. The Bertz CT molecular complexity index is 1080. The quantitative estimate of drug-likeness (QED) is 0.627. The minimum atomic E-state index is -4.16. The van der Waals surface area contributed by atoms with E-state index < -0.39 is 27.3 Å². The van der Waals surface area contributed by atoms with Gasteiger partial charge in [0.25, 0.3) is 10.0 Å². The van der Waals surface area contributed by atoms with Crippen molar-refractivity contribution in [2.24, 2.45) is 0 Å². The molecule has 2 aromatic carbocycles. The topological polar surface area (TPSA) is 94.8 Å². The fourth-order valence-corrected chi connectivity index (χ4v) is 4.15. The molecule has 6 nitrogen and oxygen atoms in total. The van der Waals surface area contributed by atoms with Crippen LogP contribution in [-0.4, -0.2) is 18.4 Å². The molecule has 1 heterocycles. The predicted molar refractivity (Wildman–Crippen MR) is 83.8 cm³/mol. The third-order valence-corrected chi connectivity index (χ3v) is 5.36. The molecular weight excluding hydrogens is 396 g/mol. The van der Waals surface area contributed by atoms with Crippen molar-refractivity contribution < 1.29 is 17.2 Å². The predicted octanol–water partition coefficient (Wildman–Crippen LogP) is 2.70. The number of nitrogens with one attached hydrogen (secondary N) is 3. The summed E-state index contributed by atoms with van der Waals surface area (Å²) < 4.78 is 53.5. The van der Waals surface area contributed by atoms with Crippen LogP contribution in [0.2, 0.25) is 0 Å². The van der Waals surface area contributed by atoms with E-state index in [1.165, 1.54) is 12.1 Å². The second kappa shape index (κ2) is 5.46. The minimum Gasteiger partial charge on any atom is -0.306 e. The summed E-state index contributed by atoms with van der Waals surface area (Å²) in [5, 5.41) is 0. The van der Waals surface area contributed by atoms with Crippen molar-refractivity contribution in [1.29, 1.82) is 0 Å². The maximum absolute atomic E-state index is 13.6. The lowest BCUT2D eigenvalue weighted by atomic mass is 10.3. The summed E-state index contributed by atoms with van der Waals surface area (Å²) in [5.74, 6) is -1.86. The van der Waals surface area contributed by atoms with Gasteiger partial charge in [0.2, 0.25) is 0 Å². The van der Waals surface area contributed by atoms with E-state index in [9.17, 15) is 22.0 Å². The molecule has 0 radical (unpaired) electrons. The van der Waals surface area contributed by atoms with Crippen LogP contribution in [0.3, 0.4) is 0 Å². The lowest BCUT2D eigenvalue weighted by molar-refractivity contribution is 0.582. The van der Waals surface area contributed by atoms with Gasteiger partial charge in [0.15, 0.2) is 0 Å². The van der Waals surface area contributed by atoms with E-state index in [0.717, 1.165) is 12.1 Å². The first-order valence-corrected chi connectivity index (χ1v) is 8.43. The highest BCUT2D eigenvalue weighted by Gasteiger charge is 2.21. The molecule has 3 N–H and O–H groups in total. The van der Waals surface area contributed by atoms with Gasteiger partial charge in [0.05, 0.1) is 16.7 Å². The number of imidazole rings is 1. The first-order chi connectivity index (χ1) is 10.8. The zero-order chi connectivity index (χ0) is 16.8. The zero-order valence-corrected chi connectivity index (χ0v) is 13.6. The molecule has 0 bridgehead atoms. The Morgan fingerprint density at radius 1 is 1.04 bits per heavy atom. The number of rotatable bonds is 3. The first-order valence-electron chi connectivity index (χ1n) is 6.16. The second-order valence-corrected chi connectivity index (χ2v) is 7.14. The summed E-state index contributed by atoms with van der Waals surface area (Å²) in [6, 6.07) is 5.11. The Morgan fingerprint density at radius 2 is 1.70 bits per heavy atom. The highest BCUT2D eigenvalue weighted by atomic mass is 79.9. The van der Waals surface area contributed by atoms with E-state index in [2.05, 4.69) is 25.9 Å². The number of hydrogen-bond acceptors (Lipinski definition) is 3. The summed E-state index contributed by atoms with van der Waals surface area (Å²) in [5.41, 5.74) is -0.188. The average molecular weight is 404 g/mol. The third-order valence-electron chi connectivity index (χ3n) is 3.03. The van der Waals surface area contributed by atoms with E-state index in [4.69, 9.17) is 0 Å². The fraction of sp³-hybridized carbons (Fsp3) is 0. The van der Waals surface area contributed by atoms with E-state index in [-0.39, 0.29) is 20.6 Å². The van der Waals surface area contributed by atoms with Crippen LogP contribution >= 0.6 is 15.9 Å². The van der Waals surface area contributed by atoms with Crippen LogP contribution in [0, 0.1) is 11.6 Å². The zero-order valence-electron chi connectivity index (χ0n) is 11.2. The van der Waals surface area contributed by atoms with Gasteiger partial charge in [-0.1, -0.05) is 0 Å². The molecule has 0 saturated carbocycles. The molecule has 0 aliphatic rings. The summed E-state index contributed by atoms with van der Waals surface area (Å²) in [4.78, 5) is 16.0. The second-order valence-electron chi connectivity index (χ2n) is 4.64. The van der Waals surface area contributed by atoms with Crippen molar-refractivity contribution in [2.45, 2.75) is 4.90 Å². The Balaban J connectivity index is 2.08. The molecule has 0 fully saturated rings. The van der Waals surface area contributed by atoms with Crippen molar-refractivity contribution in [3.8, 4) is 0 Å². The lowest BCUT2D eigenvalue weighted by Crippen LogP contribution is -2.14. The van der Waals surface area contributed by atoms with Crippen molar-refractivity contribution >= 4 is 42.7 Å². The monoisotopic (exact) mass is 403 g/mol. The van der Waals surface area contributed by atoms with Crippen LogP contribution < -0.4 is 10.4 Å². The van der Waals surface area contributed by atoms with Crippen molar-refractivity contribution in [1.82, 2.24) is 9.97 Å². The maximum Gasteiger partial charge on any atom is 0.323 e.